The molecule has 1 aromatic carbocycles. The molecule has 6 heteroatoms. The zero-order chi connectivity index (χ0) is 18.5. The molecule has 0 spiro atoms. The highest BCUT2D eigenvalue weighted by atomic mass is 16.3. The second-order valence-electron chi connectivity index (χ2n) is 5.81. The highest BCUT2D eigenvalue weighted by molar-refractivity contribution is 6.16. The van der Waals surface area contributed by atoms with E-state index in [0.29, 0.717) is 34.4 Å². The van der Waals surface area contributed by atoms with Crippen molar-refractivity contribution in [3.05, 3.63) is 33.0 Å². The summed E-state index contributed by atoms with van der Waals surface area (Å²) in [5.74, 6) is 0.296. The van der Waals surface area contributed by atoms with Gasteiger partial charge < -0.3 is 10.2 Å². The minimum absolute atomic E-state index is 0.148. The molecule has 0 amide bonds. The van der Waals surface area contributed by atoms with Crippen molar-refractivity contribution in [2.75, 3.05) is 14.1 Å². The fraction of sp³-hybridized carbons (Fsp3) is 0.200. The fourth-order valence-electron chi connectivity index (χ4n) is 2.94. The largest absolute Gasteiger partial charge is 0.507 e. The van der Waals surface area contributed by atoms with Gasteiger partial charge in [-0.25, -0.2) is 0 Å². The van der Waals surface area contributed by atoms with E-state index in [2.05, 4.69) is 20.0 Å². The highest BCUT2D eigenvalue weighted by Gasteiger charge is 2.18. The topological polar surface area (TPSA) is 89.9 Å². The summed E-state index contributed by atoms with van der Waals surface area (Å²) in [7, 11) is 3.35. The third-order valence-electron chi connectivity index (χ3n) is 4.17. The molecular weight excluding hydrogens is 328 g/mol. The van der Waals surface area contributed by atoms with Crippen LogP contribution in [0.4, 0.5) is 0 Å². The first-order valence-corrected chi connectivity index (χ1v) is 8.24. The van der Waals surface area contributed by atoms with Gasteiger partial charge in [-0.2, -0.15) is 0 Å². The van der Waals surface area contributed by atoms with Crippen LogP contribution in [0, 0.1) is 0 Å². The molecule has 3 rings (SSSR count). The van der Waals surface area contributed by atoms with Crippen LogP contribution in [-0.2, 0) is 0 Å². The summed E-state index contributed by atoms with van der Waals surface area (Å²) in [4.78, 5) is 16.3. The molecule has 0 atom stereocenters. The number of aromatic hydroxyl groups is 2. The molecule has 0 fully saturated rings. The van der Waals surface area contributed by atoms with Crippen molar-refractivity contribution in [2.45, 2.75) is 12.8 Å². The van der Waals surface area contributed by atoms with E-state index in [1.807, 2.05) is 12.2 Å². The molecular formula is C20H20N4O2. The second kappa shape index (κ2) is 7.74. The van der Waals surface area contributed by atoms with Crippen LogP contribution in [0.15, 0.2) is 31.4 Å². The van der Waals surface area contributed by atoms with Gasteiger partial charge >= 0.3 is 0 Å². The molecule has 0 unspecified atom stereocenters. The molecule has 2 aliphatic carbocycles. The van der Waals surface area contributed by atoms with Crippen molar-refractivity contribution in [3.63, 3.8) is 0 Å². The second-order valence-corrected chi connectivity index (χ2v) is 5.81. The third kappa shape index (κ3) is 3.39. The summed E-state index contributed by atoms with van der Waals surface area (Å²) in [6.45, 7) is 0. The lowest BCUT2D eigenvalue weighted by Gasteiger charge is -2.16. The minimum atomic E-state index is 0.148. The molecule has 2 aliphatic rings. The third-order valence-corrected chi connectivity index (χ3v) is 4.17. The average Bonchev–Trinajstić information content (AvgIpc) is 2.66. The van der Waals surface area contributed by atoms with E-state index >= 15 is 0 Å². The molecule has 0 saturated carbocycles. The lowest BCUT2D eigenvalue weighted by atomic mass is 9.93. The van der Waals surface area contributed by atoms with Gasteiger partial charge in [-0.3, -0.25) is 20.0 Å². The molecule has 2 N–H and O–H groups in total. The summed E-state index contributed by atoms with van der Waals surface area (Å²) in [5, 5.41) is 22.7. The van der Waals surface area contributed by atoms with E-state index in [-0.39, 0.29) is 11.5 Å². The maximum Gasteiger partial charge on any atom is 0.131 e. The van der Waals surface area contributed by atoms with Crippen molar-refractivity contribution in [1.29, 1.82) is 0 Å². The Balaban J connectivity index is 2.09. The van der Waals surface area contributed by atoms with Crippen LogP contribution in [0.1, 0.15) is 24.0 Å². The standard InChI is InChI=1S/C20H20N4O2/c1-21-7-9-23-13-3-5-15-17(11-13)19(25)16-6-4-14(24-10-8-22-2)12-18(16)20(15)26/h5-12,25-26H,3-4H2,1-2H3. The highest BCUT2D eigenvalue weighted by Crippen LogP contribution is 2.28. The predicted molar refractivity (Wildman–Crippen MR) is 109 cm³/mol. The monoisotopic (exact) mass is 348 g/mol. The molecule has 1 aromatic rings. The van der Waals surface area contributed by atoms with Crippen LogP contribution < -0.4 is 10.4 Å². The summed E-state index contributed by atoms with van der Waals surface area (Å²) >= 11 is 0. The first-order valence-electron chi connectivity index (χ1n) is 8.24. The Morgan fingerprint density at radius 3 is 1.54 bits per heavy atom. The average molecular weight is 348 g/mol. The van der Waals surface area contributed by atoms with Crippen LogP contribution in [0.25, 0.3) is 24.3 Å². The van der Waals surface area contributed by atoms with Gasteiger partial charge in [0.25, 0.3) is 0 Å². The lowest BCUT2D eigenvalue weighted by Crippen LogP contribution is -2.21. The first kappa shape index (κ1) is 17.5. The number of aliphatic imine (C=N–C) groups is 4. The van der Waals surface area contributed by atoms with Gasteiger partial charge in [-0.05, 0) is 12.2 Å². The Bertz CT molecular complexity index is 941. The number of rotatable bonds is 4. The van der Waals surface area contributed by atoms with Gasteiger partial charge in [0.15, 0.2) is 0 Å². The van der Waals surface area contributed by atoms with E-state index in [4.69, 9.17) is 0 Å². The van der Waals surface area contributed by atoms with Gasteiger partial charge in [-0.1, -0.05) is 12.2 Å². The van der Waals surface area contributed by atoms with Crippen LogP contribution in [0.2, 0.25) is 0 Å². The van der Waals surface area contributed by atoms with Gasteiger partial charge in [0.2, 0.25) is 0 Å². The Morgan fingerprint density at radius 1 is 0.731 bits per heavy atom. The van der Waals surface area contributed by atoms with Crippen molar-refractivity contribution >= 4 is 49.2 Å². The van der Waals surface area contributed by atoms with Crippen molar-refractivity contribution in [2.24, 2.45) is 20.0 Å². The first-order chi connectivity index (χ1) is 12.7. The number of fused-ring (bicyclic) bond motifs is 2. The number of hydrogen-bond acceptors (Lipinski definition) is 6. The minimum Gasteiger partial charge on any atom is -0.507 e. The maximum absolute atomic E-state index is 10.7. The number of nitrogens with zero attached hydrogens (tertiary/aromatic N) is 4. The number of phenolic OH excluding ortho intramolecular Hbond substituents is 2. The smallest absolute Gasteiger partial charge is 0.131 e. The Labute approximate surface area is 151 Å². The molecule has 0 aromatic heterocycles. The van der Waals surface area contributed by atoms with Crippen LogP contribution >= 0.6 is 0 Å². The van der Waals surface area contributed by atoms with Crippen molar-refractivity contribution < 1.29 is 10.2 Å². The number of phenols is 2. The zero-order valence-electron chi connectivity index (χ0n) is 14.7. The SMILES string of the molecule is CN=CC=NC1=Cc2c(O)c3c(c(O)c2=CC1)C=C(N=CC=NC)CC=3. The molecule has 0 aliphatic heterocycles. The number of benzene rings is 1. The predicted octanol–water partition coefficient (Wildman–Crippen LogP) is 1.69. The number of allylic oxidation sites excluding steroid dienone is 2. The zero-order valence-corrected chi connectivity index (χ0v) is 14.7. The van der Waals surface area contributed by atoms with Gasteiger partial charge in [-0.15, -0.1) is 0 Å². The summed E-state index contributed by atoms with van der Waals surface area (Å²) < 4.78 is 0. The Hall–Kier alpha value is -3.28. The van der Waals surface area contributed by atoms with E-state index in [1.54, 1.807) is 51.1 Å². The molecule has 26 heavy (non-hydrogen) atoms. The Morgan fingerprint density at radius 2 is 1.15 bits per heavy atom. The van der Waals surface area contributed by atoms with E-state index < -0.39 is 0 Å². The Kier molecular flexibility index (Phi) is 5.22. The van der Waals surface area contributed by atoms with E-state index in [9.17, 15) is 10.2 Å². The molecule has 0 saturated heterocycles. The van der Waals surface area contributed by atoms with Crippen molar-refractivity contribution in [1.82, 2.24) is 0 Å². The van der Waals surface area contributed by atoms with E-state index in [1.165, 1.54) is 0 Å². The lowest BCUT2D eigenvalue weighted by molar-refractivity contribution is 0.450. The molecule has 6 nitrogen and oxygen atoms in total. The molecule has 0 heterocycles. The van der Waals surface area contributed by atoms with Crippen LogP contribution in [0.3, 0.4) is 0 Å². The molecule has 132 valence electrons. The quantitative estimate of drug-likeness (QED) is 0.640. The molecule has 0 radical (unpaired) electrons. The summed E-state index contributed by atoms with van der Waals surface area (Å²) in [6, 6.07) is 0. The van der Waals surface area contributed by atoms with E-state index in [0.717, 1.165) is 11.4 Å². The summed E-state index contributed by atoms with van der Waals surface area (Å²) in [6.07, 6.45) is 14.9. The van der Waals surface area contributed by atoms with Gasteiger partial charge in [0.1, 0.15) is 11.5 Å². The number of hydrogen-bond donors (Lipinski definition) is 2. The summed E-state index contributed by atoms with van der Waals surface area (Å²) in [5.41, 5.74) is 2.76. The van der Waals surface area contributed by atoms with Crippen LogP contribution in [-0.4, -0.2) is 49.2 Å². The fourth-order valence-corrected chi connectivity index (χ4v) is 2.94. The maximum atomic E-state index is 10.7. The van der Waals surface area contributed by atoms with Gasteiger partial charge in [0.05, 0.1) is 0 Å². The van der Waals surface area contributed by atoms with Crippen molar-refractivity contribution in [3.8, 4) is 11.5 Å². The van der Waals surface area contributed by atoms with Crippen LogP contribution in [0.5, 0.6) is 11.5 Å². The normalized spacial score (nSPS) is 16.5. The van der Waals surface area contributed by atoms with Gasteiger partial charge in [0, 0.05) is 84.8 Å². The molecule has 0 bridgehead atoms.